The fourth-order valence-corrected chi connectivity index (χ4v) is 6.57. The Balaban J connectivity index is 4.55. The maximum absolute atomic E-state index is 13.1. The molecule has 322 valence electrons. The smallest absolute Gasteiger partial charge is 0.306 e. The van der Waals surface area contributed by atoms with Crippen LogP contribution in [0.5, 0.6) is 0 Å². The van der Waals surface area contributed by atoms with E-state index in [9.17, 15) is 19.8 Å². The first-order valence-corrected chi connectivity index (χ1v) is 23.2. The second-order valence-corrected chi connectivity index (χ2v) is 15.4. The number of esters is 1. The van der Waals surface area contributed by atoms with E-state index in [0.29, 0.717) is 19.3 Å². The summed E-state index contributed by atoms with van der Waals surface area (Å²) < 4.78 is 5.83. The number of rotatable bonds is 40. The summed E-state index contributed by atoms with van der Waals surface area (Å²) in [4.78, 5) is 25.9. The summed E-state index contributed by atoms with van der Waals surface area (Å²) in [6.45, 7) is 6.29. The number of nitrogens with one attached hydrogen (secondary N) is 1. The Hall–Kier alpha value is -2.70. The van der Waals surface area contributed by atoms with Gasteiger partial charge >= 0.3 is 5.97 Å². The molecule has 0 spiro atoms. The van der Waals surface area contributed by atoms with Crippen molar-refractivity contribution in [2.75, 3.05) is 6.61 Å². The molecule has 0 bridgehead atoms. The highest BCUT2D eigenvalue weighted by Crippen LogP contribution is 2.17. The second-order valence-electron chi connectivity index (χ2n) is 15.4. The molecule has 0 fully saturated rings. The van der Waals surface area contributed by atoms with Gasteiger partial charge in [0.05, 0.1) is 25.2 Å². The SMILES string of the molecule is CC/C=C\C/C=C\C/C=C\C/C=C\C/C=C\C/C=C\CCC(=O)OC(CCCCCCCCC)CC(=O)NC(CO)C(O)CCCCCCCCCCCCC. The lowest BCUT2D eigenvalue weighted by atomic mass is 10.0. The van der Waals surface area contributed by atoms with Gasteiger partial charge in [-0.2, -0.15) is 0 Å². The average molecular weight is 782 g/mol. The zero-order valence-corrected chi connectivity index (χ0v) is 36.5. The van der Waals surface area contributed by atoms with Crippen molar-refractivity contribution in [1.29, 1.82) is 0 Å². The van der Waals surface area contributed by atoms with Crippen LogP contribution in [0.25, 0.3) is 0 Å². The van der Waals surface area contributed by atoms with Crippen LogP contribution in [0.3, 0.4) is 0 Å². The summed E-state index contributed by atoms with van der Waals surface area (Å²) in [5.74, 6) is -0.583. The molecule has 0 aliphatic carbocycles. The molecule has 0 radical (unpaired) electrons. The van der Waals surface area contributed by atoms with Gasteiger partial charge in [0.2, 0.25) is 5.91 Å². The molecule has 1 amide bonds. The second kappa shape index (κ2) is 43.4. The number of hydrogen-bond acceptors (Lipinski definition) is 5. The van der Waals surface area contributed by atoms with Crippen molar-refractivity contribution < 1.29 is 24.5 Å². The van der Waals surface area contributed by atoms with Gasteiger partial charge in [-0.05, 0) is 64.2 Å². The number of ether oxygens (including phenoxy) is 1. The van der Waals surface area contributed by atoms with Crippen LogP contribution >= 0.6 is 0 Å². The molecular formula is C50H87NO5. The quantitative estimate of drug-likeness (QED) is 0.0327. The standard InChI is InChI=1S/C50H87NO5/c1-4-7-10-13-16-18-20-21-22-23-24-25-26-27-29-31-34-37-40-43-50(55)56-46(41-38-35-32-15-12-9-6-3)44-49(54)51-47(45-52)48(53)42-39-36-33-30-28-19-17-14-11-8-5-2/h7,10,16,18,21-22,24-25,27,29,34,37,46-48,52-53H,4-6,8-9,11-15,17,19-20,23,26,28,30-33,35-36,38-45H2,1-3H3,(H,51,54)/b10-7-,18-16-,22-21-,25-24-,29-27-,37-34-. The van der Waals surface area contributed by atoms with Gasteiger partial charge in [-0.15, -0.1) is 0 Å². The molecule has 3 atom stereocenters. The van der Waals surface area contributed by atoms with Crippen molar-refractivity contribution in [1.82, 2.24) is 5.32 Å². The molecule has 0 rings (SSSR count). The molecule has 0 saturated carbocycles. The average Bonchev–Trinajstić information content (AvgIpc) is 3.19. The number of hydrogen-bond donors (Lipinski definition) is 3. The predicted molar refractivity (Wildman–Crippen MR) is 241 cm³/mol. The summed E-state index contributed by atoms with van der Waals surface area (Å²) in [5.41, 5.74) is 0. The molecule has 0 aromatic heterocycles. The fourth-order valence-electron chi connectivity index (χ4n) is 6.57. The predicted octanol–water partition coefficient (Wildman–Crippen LogP) is 13.4. The van der Waals surface area contributed by atoms with Crippen LogP contribution in [0.15, 0.2) is 72.9 Å². The highest BCUT2D eigenvalue weighted by atomic mass is 16.5. The van der Waals surface area contributed by atoms with E-state index >= 15 is 0 Å². The molecule has 0 heterocycles. The zero-order valence-electron chi connectivity index (χ0n) is 36.5. The van der Waals surface area contributed by atoms with Crippen LogP contribution in [0, 0.1) is 0 Å². The first-order chi connectivity index (χ1) is 27.5. The van der Waals surface area contributed by atoms with Crippen LogP contribution in [0.2, 0.25) is 0 Å². The van der Waals surface area contributed by atoms with E-state index in [1.165, 1.54) is 77.0 Å². The summed E-state index contributed by atoms with van der Waals surface area (Å²) in [7, 11) is 0. The Morgan fingerprint density at radius 2 is 0.929 bits per heavy atom. The highest BCUT2D eigenvalue weighted by molar-refractivity contribution is 5.77. The van der Waals surface area contributed by atoms with Crippen LogP contribution < -0.4 is 5.32 Å². The van der Waals surface area contributed by atoms with Gasteiger partial charge in [0, 0.05) is 6.42 Å². The topological polar surface area (TPSA) is 95.9 Å². The molecule has 6 nitrogen and oxygen atoms in total. The van der Waals surface area contributed by atoms with Gasteiger partial charge in [0.25, 0.3) is 0 Å². The maximum atomic E-state index is 13.1. The van der Waals surface area contributed by atoms with Gasteiger partial charge < -0.3 is 20.3 Å². The van der Waals surface area contributed by atoms with E-state index in [2.05, 4.69) is 92.9 Å². The van der Waals surface area contributed by atoms with Gasteiger partial charge in [-0.25, -0.2) is 0 Å². The molecule has 6 heteroatoms. The third-order valence-corrected chi connectivity index (χ3v) is 10.1. The van der Waals surface area contributed by atoms with Gasteiger partial charge in [0.1, 0.15) is 6.10 Å². The largest absolute Gasteiger partial charge is 0.462 e. The normalized spacial score (nSPS) is 14.0. The number of aliphatic hydroxyl groups excluding tert-OH is 2. The number of allylic oxidation sites excluding steroid dienone is 12. The van der Waals surface area contributed by atoms with E-state index in [1.807, 2.05) is 6.08 Å². The number of amides is 1. The van der Waals surface area contributed by atoms with Gasteiger partial charge in [0.15, 0.2) is 0 Å². The molecule has 56 heavy (non-hydrogen) atoms. The summed E-state index contributed by atoms with van der Waals surface area (Å²) in [6.07, 6.45) is 54.1. The lowest BCUT2D eigenvalue weighted by Gasteiger charge is -2.24. The molecular weight excluding hydrogens is 695 g/mol. The minimum atomic E-state index is -0.798. The lowest BCUT2D eigenvalue weighted by molar-refractivity contribution is -0.150. The maximum Gasteiger partial charge on any atom is 0.306 e. The Kier molecular flexibility index (Phi) is 41.3. The Morgan fingerprint density at radius 1 is 0.536 bits per heavy atom. The monoisotopic (exact) mass is 782 g/mol. The van der Waals surface area contributed by atoms with Crippen molar-refractivity contribution in [3.8, 4) is 0 Å². The van der Waals surface area contributed by atoms with Crippen LogP contribution in [0.4, 0.5) is 0 Å². The Labute approximate surface area is 345 Å². The Bertz CT molecular complexity index is 1060. The van der Waals surface area contributed by atoms with Crippen LogP contribution in [-0.2, 0) is 14.3 Å². The lowest BCUT2D eigenvalue weighted by Crippen LogP contribution is -2.46. The van der Waals surface area contributed by atoms with E-state index in [4.69, 9.17) is 4.74 Å². The van der Waals surface area contributed by atoms with Crippen molar-refractivity contribution in [2.24, 2.45) is 0 Å². The highest BCUT2D eigenvalue weighted by Gasteiger charge is 2.24. The molecule has 0 aliphatic rings. The van der Waals surface area contributed by atoms with Gasteiger partial charge in [-0.1, -0.05) is 203 Å². The van der Waals surface area contributed by atoms with E-state index in [0.717, 1.165) is 77.0 Å². The molecule has 3 N–H and O–H groups in total. The molecule has 0 saturated heterocycles. The minimum absolute atomic E-state index is 0.0448. The summed E-state index contributed by atoms with van der Waals surface area (Å²) in [6, 6.07) is -0.714. The number of carbonyl (C=O) groups is 2. The van der Waals surface area contributed by atoms with E-state index in [1.54, 1.807) is 0 Å². The van der Waals surface area contributed by atoms with Crippen molar-refractivity contribution in [3.63, 3.8) is 0 Å². The minimum Gasteiger partial charge on any atom is -0.462 e. The zero-order chi connectivity index (χ0) is 41.0. The number of unbranched alkanes of at least 4 members (excludes halogenated alkanes) is 16. The first kappa shape index (κ1) is 53.3. The summed E-state index contributed by atoms with van der Waals surface area (Å²) in [5, 5.41) is 23.6. The number of aliphatic hydroxyl groups is 2. The van der Waals surface area contributed by atoms with E-state index < -0.39 is 18.2 Å². The van der Waals surface area contributed by atoms with Crippen LogP contribution in [0.1, 0.15) is 207 Å². The van der Waals surface area contributed by atoms with Crippen molar-refractivity contribution in [3.05, 3.63) is 72.9 Å². The molecule has 0 aromatic carbocycles. The van der Waals surface area contributed by atoms with Crippen molar-refractivity contribution in [2.45, 2.75) is 225 Å². The Morgan fingerprint density at radius 3 is 1.36 bits per heavy atom. The first-order valence-electron chi connectivity index (χ1n) is 23.2. The summed E-state index contributed by atoms with van der Waals surface area (Å²) >= 11 is 0. The third kappa shape index (κ3) is 38.2. The fraction of sp³-hybridized carbons (Fsp3) is 0.720. The third-order valence-electron chi connectivity index (χ3n) is 10.1. The van der Waals surface area contributed by atoms with E-state index in [-0.39, 0.29) is 31.3 Å². The number of carbonyl (C=O) groups excluding carboxylic acids is 2. The molecule has 0 aliphatic heterocycles. The molecule has 3 unspecified atom stereocenters. The molecule has 0 aromatic rings. The van der Waals surface area contributed by atoms with Crippen LogP contribution in [-0.4, -0.2) is 46.9 Å². The van der Waals surface area contributed by atoms with Crippen molar-refractivity contribution >= 4 is 11.9 Å². The van der Waals surface area contributed by atoms with Gasteiger partial charge in [-0.3, -0.25) is 9.59 Å².